The Labute approximate surface area is 155 Å². The van der Waals surface area contributed by atoms with Crippen LogP contribution in [-0.2, 0) is 6.54 Å². The third kappa shape index (κ3) is 4.05. The Morgan fingerprint density at radius 3 is 2.33 bits per heavy atom. The number of amides is 2. The molecule has 0 radical (unpaired) electrons. The molecule has 0 bridgehead atoms. The molecule has 2 amide bonds. The maximum atomic E-state index is 13.0. The van der Waals surface area contributed by atoms with Crippen LogP contribution < -0.4 is 10.5 Å². The molecule has 140 valence electrons. The summed E-state index contributed by atoms with van der Waals surface area (Å²) >= 11 is 0. The Bertz CT molecular complexity index is 891. The minimum absolute atomic E-state index is 0.106. The van der Waals surface area contributed by atoms with Gasteiger partial charge in [0.25, 0.3) is 5.91 Å². The number of primary amides is 1. The molecule has 2 aromatic carbocycles. The van der Waals surface area contributed by atoms with Crippen molar-refractivity contribution in [2.24, 2.45) is 5.73 Å². The molecule has 1 saturated carbocycles. The zero-order valence-electron chi connectivity index (χ0n) is 14.8. The van der Waals surface area contributed by atoms with E-state index in [1.165, 1.54) is 25.3 Å². The normalized spacial score (nSPS) is 13.1. The molecule has 0 atom stereocenters. The third-order valence-corrected chi connectivity index (χ3v) is 4.46. The molecule has 8 heteroatoms. The highest BCUT2D eigenvalue weighted by atomic mass is 16.6. The Morgan fingerprint density at radius 2 is 1.81 bits per heavy atom. The molecule has 0 heterocycles. The zero-order chi connectivity index (χ0) is 19.6. The number of carbonyl (C=O) groups is 2. The minimum atomic E-state index is -0.570. The van der Waals surface area contributed by atoms with E-state index in [1.807, 2.05) is 0 Å². The average molecular weight is 369 g/mol. The van der Waals surface area contributed by atoms with Gasteiger partial charge in [0.2, 0.25) is 5.91 Å². The number of ether oxygens (including phenoxy) is 1. The molecule has 27 heavy (non-hydrogen) atoms. The van der Waals surface area contributed by atoms with E-state index in [0.29, 0.717) is 12.1 Å². The summed E-state index contributed by atoms with van der Waals surface area (Å²) < 4.78 is 4.98. The van der Waals surface area contributed by atoms with E-state index in [0.717, 1.165) is 18.4 Å². The maximum Gasteiger partial charge on any atom is 0.311 e. The van der Waals surface area contributed by atoms with Gasteiger partial charge in [0, 0.05) is 29.8 Å². The molecular weight excluding hydrogens is 350 g/mol. The molecule has 0 aromatic heterocycles. The van der Waals surface area contributed by atoms with E-state index in [-0.39, 0.29) is 28.9 Å². The number of rotatable bonds is 7. The highest BCUT2D eigenvalue weighted by molar-refractivity contribution is 5.95. The molecular formula is C19H19N3O5. The second kappa shape index (κ2) is 7.45. The number of nitro groups is 1. The topological polar surface area (TPSA) is 116 Å². The van der Waals surface area contributed by atoms with E-state index in [4.69, 9.17) is 10.5 Å². The van der Waals surface area contributed by atoms with Crippen molar-refractivity contribution in [1.29, 1.82) is 0 Å². The summed E-state index contributed by atoms with van der Waals surface area (Å²) in [5.41, 5.74) is 6.48. The van der Waals surface area contributed by atoms with Gasteiger partial charge >= 0.3 is 5.69 Å². The Balaban J connectivity index is 1.85. The number of hydrogen-bond donors (Lipinski definition) is 1. The van der Waals surface area contributed by atoms with Crippen molar-refractivity contribution in [3.8, 4) is 5.75 Å². The van der Waals surface area contributed by atoms with E-state index < -0.39 is 10.8 Å². The SMILES string of the molecule is COc1ccc(C(=O)N(Cc2ccc(C(N)=O)cc2)C2CC2)cc1[N+](=O)[O-]. The van der Waals surface area contributed by atoms with Crippen LogP contribution in [0, 0.1) is 10.1 Å². The van der Waals surface area contributed by atoms with Gasteiger partial charge in [0.05, 0.1) is 12.0 Å². The Morgan fingerprint density at radius 1 is 1.19 bits per heavy atom. The zero-order valence-corrected chi connectivity index (χ0v) is 14.8. The van der Waals surface area contributed by atoms with E-state index in [1.54, 1.807) is 29.2 Å². The van der Waals surface area contributed by atoms with Crippen molar-refractivity contribution in [2.75, 3.05) is 7.11 Å². The lowest BCUT2D eigenvalue weighted by Crippen LogP contribution is -2.32. The third-order valence-electron chi connectivity index (χ3n) is 4.46. The van der Waals surface area contributed by atoms with Crippen LogP contribution in [0.2, 0.25) is 0 Å². The summed E-state index contributed by atoms with van der Waals surface area (Å²) in [6.45, 7) is 0.350. The molecule has 0 unspecified atom stereocenters. The lowest BCUT2D eigenvalue weighted by Gasteiger charge is -2.23. The van der Waals surface area contributed by atoms with Gasteiger partial charge in [-0.2, -0.15) is 0 Å². The lowest BCUT2D eigenvalue weighted by molar-refractivity contribution is -0.385. The predicted molar refractivity (Wildman–Crippen MR) is 97.5 cm³/mol. The largest absolute Gasteiger partial charge is 0.490 e. The van der Waals surface area contributed by atoms with Crippen molar-refractivity contribution < 1.29 is 19.2 Å². The van der Waals surface area contributed by atoms with Crippen LogP contribution in [-0.4, -0.2) is 34.8 Å². The van der Waals surface area contributed by atoms with Gasteiger partial charge in [-0.1, -0.05) is 12.1 Å². The second-order valence-electron chi connectivity index (χ2n) is 6.37. The number of methoxy groups -OCH3 is 1. The van der Waals surface area contributed by atoms with Gasteiger partial charge < -0.3 is 15.4 Å². The molecule has 2 aromatic rings. The van der Waals surface area contributed by atoms with E-state index in [9.17, 15) is 19.7 Å². The van der Waals surface area contributed by atoms with Crippen LogP contribution in [0.4, 0.5) is 5.69 Å². The molecule has 1 aliphatic rings. The standard InChI is InChI=1S/C19H19N3O5/c1-27-17-9-6-14(10-16(17)22(25)26)19(24)21(15-7-8-15)11-12-2-4-13(5-3-12)18(20)23/h2-6,9-10,15H,7-8,11H2,1H3,(H2,20,23). The van der Waals surface area contributed by atoms with Gasteiger partial charge in [-0.05, 0) is 42.7 Å². The van der Waals surface area contributed by atoms with Crippen molar-refractivity contribution in [2.45, 2.75) is 25.4 Å². The predicted octanol–water partition coefficient (Wildman–Crippen LogP) is 2.51. The van der Waals surface area contributed by atoms with Gasteiger partial charge in [-0.15, -0.1) is 0 Å². The number of benzene rings is 2. The number of nitrogens with zero attached hydrogens (tertiary/aromatic N) is 2. The number of carbonyl (C=O) groups excluding carboxylic acids is 2. The molecule has 2 N–H and O–H groups in total. The average Bonchev–Trinajstić information content (AvgIpc) is 3.50. The molecule has 8 nitrogen and oxygen atoms in total. The molecule has 3 rings (SSSR count). The van der Waals surface area contributed by atoms with Crippen LogP contribution in [0.1, 0.15) is 39.1 Å². The van der Waals surface area contributed by atoms with Gasteiger partial charge in [0.15, 0.2) is 5.75 Å². The first-order valence-corrected chi connectivity index (χ1v) is 8.43. The van der Waals surface area contributed by atoms with Gasteiger partial charge in [-0.25, -0.2) is 0 Å². The molecule has 0 saturated heterocycles. The van der Waals surface area contributed by atoms with Crippen LogP contribution in [0.15, 0.2) is 42.5 Å². The highest BCUT2D eigenvalue weighted by Gasteiger charge is 2.34. The lowest BCUT2D eigenvalue weighted by atomic mass is 10.1. The number of hydrogen-bond acceptors (Lipinski definition) is 5. The first kappa shape index (κ1) is 18.4. The number of nitrogens with two attached hydrogens (primary N) is 1. The molecule has 1 aliphatic carbocycles. The number of nitro benzene ring substituents is 1. The summed E-state index contributed by atoms with van der Waals surface area (Å²) in [7, 11) is 1.34. The van der Waals surface area contributed by atoms with Crippen molar-refractivity contribution in [3.05, 3.63) is 69.3 Å². The minimum Gasteiger partial charge on any atom is -0.490 e. The Hall–Kier alpha value is -3.42. The van der Waals surface area contributed by atoms with E-state index >= 15 is 0 Å². The fourth-order valence-electron chi connectivity index (χ4n) is 2.86. The van der Waals surface area contributed by atoms with Gasteiger partial charge in [0.1, 0.15) is 0 Å². The van der Waals surface area contributed by atoms with Crippen molar-refractivity contribution in [3.63, 3.8) is 0 Å². The van der Waals surface area contributed by atoms with Crippen molar-refractivity contribution in [1.82, 2.24) is 4.90 Å². The highest BCUT2D eigenvalue weighted by Crippen LogP contribution is 2.32. The molecule has 1 fully saturated rings. The summed E-state index contributed by atoms with van der Waals surface area (Å²) in [4.78, 5) is 36.5. The quantitative estimate of drug-likeness (QED) is 0.595. The first-order chi connectivity index (χ1) is 12.9. The summed E-state index contributed by atoms with van der Waals surface area (Å²) in [6, 6.07) is 11.0. The first-order valence-electron chi connectivity index (χ1n) is 8.43. The fourth-order valence-corrected chi connectivity index (χ4v) is 2.86. The monoisotopic (exact) mass is 369 g/mol. The summed E-state index contributed by atoms with van der Waals surface area (Å²) in [5, 5.41) is 11.2. The maximum absolute atomic E-state index is 13.0. The molecule has 0 aliphatic heterocycles. The van der Waals surface area contributed by atoms with Crippen LogP contribution in [0.25, 0.3) is 0 Å². The van der Waals surface area contributed by atoms with Crippen molar-refractivity contribution >= 4 is 17.5 Å². The second-order valence-corrected chi connectivity index (χ2v) is 6.37. The molecule has 0 spiro atoms. The van der Waals surface area contributed by atoms with E-state index in [2.05, 4.69) is 0 Å². The smallest absolute Gasteiger partial charge is 0.311 e. The Kier molecular flexibility index (Phi) is 5.07. The van der Waals surface area contributed by atoms with Crippen LogP contribution in [0.3, 0.4) is 0 Å². The summed E-state index contributed by atoms with van der Waals surface area (Å²) in [5.74, 6) is -0.680. The van der Waals surface area contributed by atoms with Crippen LogP contribution >= 0.6 is 0 Å². The van der Waals surface area contributed by atoms with Crippen LogP contribution in [0.5, 0.6) is 5.75 Å². The summed E-state index contributed by atoms with van der Waals surface area (Å²) in [6.07, 6.45) is 1.78. The fraction of sp³-hybridized carbons (Fsp3) is 0.263. The van der Waals surface area contributed by atoms with Gasteiger partial charge in [-0.3, -0.25) is 19.7 Å².